The van der Waals surface area contributed by atoms with Crippen molar-refractivity contribution in [3.63, 3.8) is 0 Å². The van der Waals surface area contributed by atoms with Gasteiger partial charge in [-0.05, 0) is 325 Å². The fraction of sp³-hybridized carbons (Fsp3) is 0.588. The van der Waals surface area contributed by atoms with Gasteiger partial charge in [-0.1, -0.05) is 180 Å². The highest BCUT2D eigenvalue weighted by atomic mass is 35.5. The first-order chi connectivity index (χ1) is 55.0. The summed E-state index contributed by atoms with van der Waals surface area (Å²) < 4.78 is 78.4. The number of ether oxygens (including phenoxy) is 4. The number of halogens is 2. The van der Waals surface area contributed by atoms with Gasteiger partial charge in [-0.3, -0.25) is 0 Å². The van der Waals surface area contributed by atoms with E-state index in [1.807, 2.05) is 220 Å². The molecule has 20 heteroatoms. The quantitative estimate of drug-likeness (QED) is 0.0375. The van der Waals surface area contributed by atoms with Crippen molar-refractivity contribution in [1.29, 1.82) is 0 Å². The maximum absolute atomic E-state index is 15.5. The molecule has 4 saturated heterocycles. The van der Waals surface area contributed by atoms with E-state index in [-0.39, 0.29) is 59.1 Å². The van der Waals surface area contributed by atoms with Crippen LogP contribution in [0.5, 0.6) is 11.5 Å². The topological polar surface area (TPSA) is 145 Å². The second-order valence-corrected chi connectivity index (χ2v) is 41.6. The monoisotopic (exact) mass is 1630 g/mol. The van der Waals surface area contributed by atoms with E-state index < -0.39 is 85.2 Å². The molecule has 0 bridgehead atoms. The van der Waals surface area contributed by atoms with E-state index in [0.29, 0.717) is 45.8 Å². The molecule has 4 aliphatic heterocycles. The minimum atomic E-state index is -0.668. The van der Waals surface area contributed by atoms with Crippen LogP contribution in [-0.4, -0.2) is 85.2 Å². The summed E-state index contributed by atoms with van der Waals surface area (Å²) in [5.74, 6) is 4.86. The van der Waals surface area contributed by atoms with Gasteiger partial charge in [-0.15, -0.1) is 0 Å². The van der Waals surface area contributed by atoms with E-state index in [9.17, 15) is 0 Å². The summed E-state index contributed by atoms with van der Waals surface area (Å²) in [7, 11) is -2.50. The molecule has 8 fully saturated rings. The van der Waals surface area contributed by atoms with Crippen molar-refractivity contribution in [2.45, 2.75) is 307 Å². The number of hydrogen-bond donors (Lipinski definition) is 0. The Labute approximate surface area is 710 Å². The summed E-state index contributed by atoms with van der Waals surface area (Å²) in [6, 6.07) is 38.5. The molecule has 9 atom stereocenters. The van der Waals surface area contributed by atoms with Crippen LogP contribution in [0.4, 0.5) is 0 Å². The van der Waals surface area contributed by atoms with Crippen molar-refractivity contribution in [3.8, 4) is 11.5 Å². The molecule has 117 heavy (non-hydrogen) atoms. The van der Waals surface area contributed by atoms with Crippen molar-refractivity contribution in [2.75, 3.05) is 0 Å². The average Bonchev–Trinajstić information content (AvgIpc) is 1.71. The van der Waals surface area contributed by atoms with E-state index >= 15 is 9.59 Å². The molecule has 6 aromatic rings. The molecule has 4 aliphatic carbocycles. The number of allylic oxidation sites excluding steroid dienone is 1. The lowest BCUT2D eigenvalue weighted by Gasteiger charge is -2.61. The van der Waals surface area contributed by atoms with Crippen LogP contribution in [0.15, 0.2) is 127 Å². The Bertz CT molecular complexity index is 4370. The lowest BCUT2D eigenvalue weighted by Crippen LogP contribution is -2.53. The number of carbonyl (C=O) groups is 2. The van der Waals surface area contributed by atoms with E-state index in [1.54, 1.807) is 12.1 Å². The van der Waals surface area contributed by atoms with Gasteiger partial charge >= 0.3 is 40.4 Å². The maximum Gasteiger partial charge on any atom is 0.494 e. The highest BCUT2D eigenvalue weighted by molar-refractivity contribution is 6.63. The van der Waals surface area contributed by atoms with E-state index in [0.717, 1.165) is 92.5 Å². The highest BCUT2D eigenvalue weighted by Crippen LogP contribution is 2.69. The van der Waals surface area contributed by atoms with E-state index in [4.69, 9.17) is 79.4 Å². The molecule has 0 amide bonds. The predicted octanol–water partition coefficient (Wildman–Crippen LogP) is 21.0. The van der Waals surface area contributed by atoms with Crippen LogP contribution in [-0.2, 0) is 73.1 Å². The molecule has 14 nitrogen and oxygen atoms in total. The second-order valence-electron chi connectivity index (χ2n) is 40.8. The normalized spacial score (nSPS) is 27.0. The first-order valence-corrected chi connectivity index (χ1v) is 44.5. The van der Waals surface area contributed by atoms with Crippen LogP contribution >= 0.6 is 23.2 Å². The zero-order chi connectivity index (χ0) is 84.0. The number of benzene rings is 6. The summed E-state index contributed by atoms with van der Waals surface area (Å²) >= 11 is 15.4. The first kappa shape index (κ1) is 87.5. The third-order valence-corrected chi connectivity index (χ3v) is 31.0. The molecule has 626 valence electrons. The summed E-state index contributed by atoms with van der Waals surface area (Å²) in [6.45, 7) is 45.1. The van der Waals surface area contributed by atoms with Gasteiger partial charge in [0.1, 0.15) is 37.6 Å². The van der Waals surface area contributed by atoms with Gasteiger partial charge in [0.25, 0.3) is 0 Å². The molecular formula is C97H128B4Cl2O14. The Kier molecular flexibility index (Phi) is 25.0. The molecule has 0 spiro atoms. The van der Waals surface area contributed by atoms with Crippen LogP contribution in [0.3, 0.4) is 0 Å². The van der Waals surface area contributed by atoms with Gasteiger partial charge in [-0.2, -0.15) is 0 Å². The Hall–Kier alpha value is -5.88. The van der Waals surface area contributed by atoms with E-state index in [2.05, 4.69) is 40.7 Å². The van der Waals surface area contributed by atoms with E-state index in [1.165, 1.54) is 70.6 Å². The van der Waals surface area contributed by atoms with Crippen molar-refractivity contribution < 1.29 is 65.8 Å². The van der Waals surface area contributed by atoms with Crippen LogP contribution in [0.25, 0.3) is 5.57 Å². The summed E-state index contributed by atoms with van der Waals surface area (Å²) in [4.78, 5) is 31.1. The molecule has 4 heterocycles. The number of rotatable bonds is 26. The zero-order valence-electron chi connectivity index (χ0n) is 73.8. The Balaban J connectivity index is 0.816. The van der Waals surface area contributed by atoms with Crippen LogP contribution in [0, 0.1) is 58.2 Å². The van der Waals surface area contributed by atoms with Gasteiger partial charge in [0.05, 0.1) is 54.9 Å². The van der Waals surface area contributed by atoms with Crippen LogP contribution < -0.4 is 31.3 Å². The minimum absolute atomic E-state index is 0.0286. The SMILES string of the molecule is CC(C)CCCC(C)C1CCC2C3CC[C@H]4C[C@@H](CCC=C(c5cc(Cl)c(OCc6cccc(B7OC(C)(C)C(C)(C)O7)c6)c(C(=O)OCc6cccc(B7OC(C)(C)C(C)(C)O7)c6)c5)c5cc(Cl)c(OCc6cccc(B7OC(C)(C)C(C)(C)O7)c6)c(C(=O)OCc6cccc(B7OC(C)(C)C(C)(C)O7)c6)c5)CC[C@]4(C)C3CC[C@]12C. The maximum atomic E-state index is 15.5. The molecule has 4 saturated carbocycles. The summed E-state index contributed by atoms with van der Waals surface area (Å²) in [5.41, 5.74) is 4.59. The fourth-order valence-corrected chi connectivity index (χ4v) is 21.1. The zero-order valence-corrected chi connectivity index (χ0v) is 75.3. The van der Waals surface area contributed by atoms with Gasteiger partial charge in [0, 0.05) is 0 Å². The number of carbonyl (C=O) groups excluding carboxylic acids is 2. The van der Waals surface area contributed by atoms with Crippen molar-refractivity contribution in [1.82, 2.24) is 0 Å². The lowest BCUT2D eigenvalue weighted by molar-refractivity contribution is -0.121. The minimum Gasteiger partial charge on any atom is -0.486 e. The van der Waals surface area contributed by atoms with Crippen molar-refractivity contribution >= 4 is 91.0 Å². The van der Waals surface area contributed by atoms with Crippen LogP contribution in [0.1, 0.15) is 289 Å². The molecule has 0 N–H and O–H groups in total. The molecule has 8 aliphatic rings. The summed E-state index contributed by atoms with van der Waals surface area (Å²) in [5, 5.41) is 0.335. The van der Waals surface area contributed by atoms with Gasteiger partial charge in [0.2, 0.25) is 0 Å². The molecule has 5 unspecified atom stereocenters. The second kappa shape index (κ2) is 33.4. The Morgan fingerprint density at radius 3 is 1.21 bits per heavy atom. The van der Waals surface area contributed by atoms with Crippen molar-refractivity contribution in [2.24, 2.45) is 58.2 Å². The van der Waals surface area contributed by atoms with Crippen LogP contribution in [0.2, 0.25) is 10.0 Å². The Morgan fingerprint density at radius 1 is 0.444 bits per heavy atom. The van der Waals surface area contributed by atoms with Gasteiger partial charge in [-0.25, -0.2) is 9.59 Å². The predicted molar refractivity (Wildman–Crippen MR) is 471 cm³/mol. The number of esters is 2. The molecular weight excluding hydrogens is 1500 g/mol. The largest absolute Gasteiger partial charge is 0.494 e. The number of hydrogen-bond acceptors (Lipinski definition) is 14. The highest BCUT2D eigenvalue weighted by Gasteiger charge is 2.62. The molecule has 0 aromatic heterocycles. The Morgan fingerprint density at radius 2 is 0.821 bits per heavy atom. The summed E-state index contributed by atoms with van der Waals surface area (Å²) in [6.07, 6.45) is 19.6. The third-order valence-electron chi connectivity index (χ3n) is 30.5. The third kappa shape index (κ3) is 17.9. The smallest absolute Gasteiger partial charge is 0.486 e. The average molecular weight is 1630 g/mol. The van der Waals surface area contributed by atoms with Gasteiger partial charge < -0.3 is 56.2 Å². The lowest BCUT2D eigenvalue weighted by atomic mass is 9.44. The van der Waals surface area contributed by atoms with Gasteiger partial charge in [0.15, 0.2) is 11.5 Å². The van der Waals surface area contributed by atoms with Crippen molar-refractivity contribution in [3.05, 3.63) is 182 Å². The molecule has 0 radical (unpaired) electrons. The molecule has 14 rings (SSSR count). The fourth-order valence-electron chi connectivity index (χ4n) is 20.6. The first-order valence-electron chi connectivity index (χ1n) is 43.7. The standard InChI is InChI=1S/C97H128B4Cl2O14/c1-61(2)28-22-29-62(3)79-42-43-80-76-41-40-70-48-63(44-46-96(70,20)81(76)45-47-97(79,80)21)30-27-39-75(68-53-77(86(104)108-59-66-33-25-37-73(51-66)100-114-92(12,13)93(14,15)115-100)84(82(102)55-68)106-57-64-31-23-35-71(49-64)98-110-88(4,5)89(6,7)111-98)69-54-78(87(105)109-60-67-34-26-38-74(52-67)101-116-94(16,17)95(18,19)117-101)85(83(103)56-69)107-58-65-32-24-36-72(50-65)99-112-90(8,9)91(10,11)113-99/h23-26,31-39,49-56,61-63,70,76,79-81H,22,27-30,40-48,57-60H2,1-21H3/t62?,63-,70-,76?,79?,80?,81?,96-,97+/m0/s1. The number of fused-ring (bicyclic) bond motifs is 5. The molecule has 6 aromatic carbocycles.